The van der Waals surface area contributed by atoms with Crippen LogP contribution in [0.3, 0.4) is 0 Å². The van der Waals surface area contributed by atoms with Crippen LogP contribution in [0, 0.1) is 6.92 Å². The van der Waals surface area contributed by atoms with Crippen molar-refractivity contribution in [1.82, 2.24) is 0 Å². The first-order valence-electron chi connectivity index (χ1n) is 6.36. The zero-order valence-electron chi connectivity index (χ0n) is 10.7. The van der Waals surface area contributed by atoms with Crippen molar-refractivity contribution >= 4 is 11.4 Å². The van der Waals surface area contributed by atoms with Crippen LogP contribution < -0.4 is 10.6 Å². The van der Waals surface area contributed by atoms with Crippen molar-refractivity contribution in [3.63, 3.8) is 0 Å². The minimum absolute atomic E-state index is 0.212. The molecule has 1 saturated carbocycles. The van der Waals surface area contributed by atoms with Crippen LogP contribution >= 0.6 is 0 Å². The second-order valence-corrected chi connectivity index (χ2v) is 5.07. The monoisotopic (exact) mass is 234 g/mol. The number of nitrogens with two attached hydrogens (primary N) is 1. The Labute approximate surface area is 103 Å². The van der Waals surface area contributed by atoms with Crippen LogP contribution in [0.2, 0.25) is 0 Å². The van der Waals surface area contributed by atoms with Gasteiger partial charge in [-0.15, -0.1) is 0 Å². The summed E-state index contributed by atoms with van der Waals surface area (Å²) in [5.41, 5.74) is 8.95. The third kappa shape index (κ3) is 2.55. The number of nitrogen functional groups attached to an aromatic ring is 1. The number of hydrogen-bond donors (Lipinski definition) is 2. The fourth-order valence-electron chi connectivity index (χ4n) is 2.58. The summed E-state index contributed by atoms with van der Waals surface area (Å²) in [4.78, 5) is 2.17. The summed E-state index contributed by atoms with van der Waals surface area (Å²) in [6, 6.07) is 6.34. The van der Waals surface area contributed by atoms with Crippen LogP contribution in [0.4, 0.5) is 11.4 Å². The Kier molecular flexibility index (Phi) is 3.57. The lowest BCUT2D eigenvalue weighted by Gasteiger charge is -2.36. The molecule has 1 aliphatic carbocycles. The first-order valence-corrected chi connectivity index (χ1v) is 6.36. The molecule has 17 heavy (non-hydrogen) atoms. The number of benzene rings is 1. The lowest BCUT2D eigenvalue weighted by molar-refractivity contribution is 0.106. The fraction of sp³-hybridized carbons (Fsp3) is 0.571. The molecule has 0 amide bonds. The molecule has 2 unspecified atom stereocenters. The molecule has 0 heterocycles. The van der Waals surface area contributed by atoms with Crippen molar-refractivity contribution in [1.29, 1.82) is 0 Å². The summed E-state index contributed by atoms with van der Waals surface area (Å²) >= 11 is 0. The minimum atomic E-state index is -0.212. The summed E-state index contributed by atoms with van der Waals surface area (Å²) < 4.78 is 0. The molecule has 0 aliphatic heterocycles. The maximum Gasteiger partial charge on any atom is 0.0743 e. The van der Waals surface area contributed by atoms with Gasteiger partial charge in [0.15, 0.2) is 0 Å². The van der Waals surface area contributed by atoms with Gasteiger partial charge in [-0.05, 0) is 37.5 Å². The zero-order chi connectivity index (χ0) is 12.4. The molecule has 1 aromatic rings. The van der Waals surface area contributed by atoms with Crippen molar-refractivity contribution < 1.29 is 5.11 Å². The molecular formula is C14H22N2O. The molecular weight excluding hydrogens is 212 g/mol. The topological polar surface area (TPSA) is 49.5 Å². The molecule has 1 fully saturated rings. The normalized spacial score (nSPS) is 24.6. The Bertz CT molecular complexity index is 392. The van der Waals surface area contributed by atoms with E-state index in [-0.39, 0.29) is 12.1 Å². The second kappa shape index (κ2) is 4.96. The first-order chi connectivity index (χ1) is 8.09. The third-order valence-electron chi connectivity index (χ3n) is 3.86. The van der Waals surface area contributed by atoms with Crippen LogP contribution in [0.1, 0.15) is 31.2 Å². The largest absolute Gasteiger partial charge is 0.398 e. The average molecular weight is 234 g/mol. The number of aliphatic hydroxyl groups is 1. The molecule has 0 bridgehead atoms. The maximum absolute atomic E-state index is 10.1. The average Bonchev–Trinajstić information content (AvgIpc) is 2.32. The summed E-state index contributed by atoms with van der Waals surface area (Å²) in [6.07, 6.45) is 4.10. The van der Waals surface area contributed by atoms with E-state index in [0.717, 1.165) is 36.2 Å². The predicted molar refractivity (Wildman–Crippen MR) is 72.3 cm³/mol. The van der Waals surface area contributed by atoms with Crippen molar-refractivity contribution in [3.8, 4) is 0 Å². The molecule has 1 aromatic carbocycles. The van der Waals surface area contributed by atoms with E-state index < -0.39 is 0 Å². The number of nitrogens with zero attached hydrogens (tertiary/aromatic N) is 1. The number of rotatable bonds is 2. The molecule has 1 aliphatic rings. The molecule has 3 nitrogen and oxygen atoms in total. The maximum atomic E-state index is 10.1. The van der Waals surface area contributed by atoms with E-state index in [1.165, 1.54) is 6.42 Å². The molecule has 2 rings (SSSR count). The van der Waals surface area contributed by atoms with E-state index >= 15 is 0 Å². The van der Waals surface area contributed by atoms with Crippen LogP contribution in [-0.2, 0) is 0 Å². The van der Waals surface area contributed by atoms with Gasteiger partial charge >= 0.3 is 0 Å². The van der Waals surface area contributed by atoms with Crippen LogP contribution in [0.25, 0.3) is 0 Å². The molecule has 3 N–H and O–H groups in total. The fourth-order valence-corrected chi connectivity index (χ4v) is 2.58. The van der Waals surface area contributed by atoms with Gasteiger partial charge in [-0.2, -0.15) is 0 Å². The van der Waals surface area contributed by atoms with Gasteiger partial charge in [0, 0.05) is 18.4 Å². The summed E-state index contributed by atoms with van der Waals surface area (Å²) in [7, 11) is 2.04. The molecule has 3 heteroatoms. The smallest absolute Gasteiger partial charge is 0.0743 e. The summed E-state index contributed by atoms with van der Waals surface area (Å²) in [5.74, 6) is 0. The molecule has 0 saturated heterocycles. The van der Waals surface area contributed by atoms with Crippen molar-refractivity contribution in [2.24, 2.45) is 0 Å². The Morgan fingerprint density at radius 3 is 2.65 bits per heavy atom. The highest BCUT2D eigenvalue weighted by Gasteiger charge is 2.26. The Morgan fingerprint density at radius 2 is 2.00 bits per heavy atom. The summed E-state index contributed by atoms with van der Waals surface area (Å²) in [5, 5.41) is 10.1. The van der Waals surface area contributed by atoms with Gasteiger partial charge in [-0.1, -0.05) is 18.9 Å². The van der Waals surface area contributed by atoms with Crippen LogP contribution in [-0.4, -0.2) is 24.3 Å². The second-order valence-electron chi connectivity index (χ2n) is 5.07. The molecule has 94 valence electrons. The first kappa shape index (κ1) is 12.2. The Hall–Kier alpha value is -1.22. The number of hydrogen-bond acceptors (Lipinski definition) is 3. The zero-order valence-corrected chi connectivity index (χ0v) is 10.7. The highest BCUT2D eigenvalue weighted by Crippen LogP contribution is 2.28. The lowest BCUT2D eigenvalue weighted by Crippen LogP contribution is -2.43. The van der Waals surface area contributed by atoms with Crippen LogP contribution in [0.5, 0.6) is 0 Å². The van der Waals surface area contributed by atoms with E-state index in [9.17, 15) is 5.11 Å². The predicted octanol–water partition coefficient (Wildman–Crippen LogP) is 2.32. The van der Waals surface area contributed by atoms with E-state index in [2.05, 4.69) is 11.0 Å². The SMILES string of the molecule is Cc1ccc(N(C)C2CCCCC2O)cc1N. The lowest BCUT2D eigenvalue weighted by atomic mass is 9.91. The number of aryl methyl sites for hydroxylation is 1. The quantitative estimate of drug-likeness (QED) is 0.772. The van der Waals surface area contributed by atoms with Gasteiger partial charge in [0.25, 0.3) is 0 Å². The van der Waals surface area contributed by atoms with Gasteiger partial charge < -0.3 is 15.7 Å². The Morgan fingerprint density at radius 1 is 1.29 bits per heavy atom. The van der Waals surface area contributed by atoms with Gasteiger partial charge in [-0.3, -0.25) is 0 Å². The third-order valence-corrected chi connectivity index (χ3v) is 3.86. The van der Waals surface area contributed by atoms with Crippen molar-refractivity contribution in [2.75, 3.05) is 17.7 Å². The summed E-state index contributed by atoms with van der Waals surface area (Å²) in [6.45, 7) is 2.01. The van der Waals surface area contributed by atoms with E-state index in [1.54, 1.807) is 0 Å². The number of likely N-dealkylation sites (N-methyl/N-ethyl adjacent to an activating group) is 1. The molecule has 0 aromatic heterocycles. The standard InChI is InChI=1S/C14H22N2O/c1-10-7-8-11(9-12(10)15)16(2)13-5-3-4-6-14(13)17/h7-9,13-14,17H,3-6,15H2,1-2H3. The number of aliphatic hydroxyl groups excluding tert-OH is 1. The number of anilines is 2. The van der Waals surface area contributed by atoms with E-state index in [4.69, 9.17) is 5.73 Å². The Balaban J connectivity index is 2.17. The highest BCUT2D eigenvalue weighted by molar-refractivity contribution is 5.60. The van der Waals surface area contributed by atoms with Gasteiger partial charge in [-0.25, -0.2) is 0 Å². The van der Waals surface area contributed by atoms with Gasteiger partial charge in [0.1, 0.15) is 0 Å². The van der Waals surface area contributed by atoms with E-state index in [0.29, 0.717) is 0 Å². The van der Waals surface area contributed by atoms with Gasteiger partial charge in [0.05, 0.1) is 12.1 Å². The highest BCUT2D eigenvalue weighted by atomic mass is 16.3. The minimum Gasteiger partial charge on any atom is -0.398 e. The van der Waals surface area contributed by atoms with Crippen molar-refractivity contribution in [3.05, 3.63) is 23.8 Å². The van der Waals surface area contributed by atoms with Crippen molar-refractivity contribution in [2.45, 2.75) is 44.8 Å². The molecule has 0 spiro atoms. The molecule has 2 atom stereocenters. The van der Waals surface area contributed by atoms with Gasteiger partial charge in [0.2, 0.25) is 0 Å². The molecule has 0 radical (unpaired) electrons. The van der Waals surface area contributed by atoms with Crippen LogP contribution in [0.15, 0.2) is 18.2 Å². The van der Waals surface area contributed by atoms with E-state index in [1.807, 2.05) is 26.1 Å².